The maximum atomic E-state index is 9.92. The van der Waals surface area contributed by atoms with Crippen molar-refractivity contribution in [1.29, 1.82) is 0 Å². The van der Waals surface area contributed by atoms with Gasteiger partial charge in [-0.15, -0.1) is 0 Å². The summed E-state index contributed by atoms with van der Waals surface area (Å²) in [6, 6.07) is 1.99. The molecule has 0 aliphatic rings. The first-order valence-corrected chi connectivity index (χ1v) is 7.63. The third kappa shape index (κ3) is 5.66. The molecule has 0 aliphatic heterocycles. The molecule has 0 fully saturated rings. The van der Waals surface area contributed by atoms with E-state index in [0.717, 1.165) is 18.0 Å². The van der Waals surface area contributed by atoms with Crippen LogP contribution in [0.1, 0.15) is 51.2 Å². The van der Waals surface area contributed by atoms with Gasteiger partial charge >= 0.3 is 0 Å². The molecule has 2 unspecified atom stereocenters. The Hall–Kier alpha value is -0.380. The average molecular weight is 255 g/mol. The van der Waals surface area contributed by atoms with Crippen LogP contribution in [0.2, 0.25) is 0 Å². The first-order valence-electron chi connectivity index (χ1n) is 6.68. The first-order chi connectivity index (χ1) is 8.27. The van der Waals surface area contributed by atoms with Crippen molar-refractivity contribution in [1.82, 2.24) is 5.32 Å². The van der Waals surface area contributed by atoms with E-state index in [-0.39, 0.29) is 6.10 Å². The lowest BCUT2D eigenvalue weighted by atomic mass is 9.99. The van der Waals surface area contributed by atoms with Crippen LogP contribution in [0.15, 0.2) is 16.8 Å². The Balaban J connectivity index is 2.17. The molecule has 0 spiro atoms. The van der Waals surface area contributed by atoms with Gasteiger partial charge in [-0.2, -0.15) is 11.3 Å². The van der Waals surface area contributed by atoms with Crippen molar-refractivity contribution in [3.05, 3.63) is 22.4 Å². The van der Waals surface area contributed by atoms with Crippen LogP contribution in [0.4, 0.5) is 0 Å². The number of hydrogen-bond donors (Lipinski definition) is 2. The lowest BCUT2D eigenvalue weighted by molar-refractivity contribution is 0.172. The van der Waals surface area contributed by atoms with Gasteiger partial charge in [0.2, 0.25) is 0 Å². The Bertz CT molecular complexity index is 274. The lowest BCUT2D eigenvalue weighted by Crippen LogP contribution is -2.27. The smallest absolute Gasteiger partial charge is 0.0922 e. The molecule has 2 nitrogen and oxygen atoms in total. The van der Waals surface area contributed by atoms with Gasteiger partial charge in [-0.1, -0.05) is 33.1 Å². The topological polar surface area (TPSA) is 32.3 Å². The molecule has 1 aromatic heterocycles. The molecule has 0 aliphatic carbocycles. The third-order valence-corrected chi connectivity index (χ3v) is 3.94. The van der Waals surface area contributed by atoms with Crippen molar-refractivity contribution in [3.63, 3.8) is 0 Å². The van der Waals surface area contributed by atoms with E-state index in [1.54, 1.807) is 11.3 Å². The fourth-order valence-electron chi connectivity index (χ4n) is 1.95. The minimum atomic E-state index is -0.357. The zero-order chi connectivity index (χ0) is 12.5. The summed E-state index contributed by atoms with van der Waals surface area (Å²) < 4.78 is 0. The summed E-state index contributed by atoms with van der Waals surface area (Å²) in [4.78, 5) is 0. The highest BCUT2D eigenvalue weighted by molar-refractivity contribution is 7.07. The maximum Gasteiger partial charge on any atom is 0.0922 e. The monoisotopic (exact) mass is 255 g/mol. The number of rotatable bonds is 9. The van der Waals surface area contributed by atoms with Crippen LogP contribution in [0.25, 0.3) is 0 Å². The minimum Gasteiger partial charge on any atom is -0.387 e. The molecule has 3 heteroatoms. The highest BCUT2D eigenvalue weighted by atomic mass is 32.1. The number of aliphatic hydroxyl groups is 1. The van der Waals surface area contributed by atoms with Gasteiger partial charge in [0.15, 0.2) is 0 Å². The second-order valence-corrected chi connectivity index (χ2v) is 5.43. The molecule has 1 aromatic rings. The largest absolute Gasteiger partial charge is 0.387 e. The molecule has 2 atom stereocenters. The first kappa shape index (κ1) is 14.7. The normalized spacial score (nSPS) is 14.8. The van der Waals surface area contributed by atoms with Crippen molar-refractivity contribution in [2.24, 2.45) is 5.92 Å². The molecule has 0 saturated carbocycles. The predicted molar refractivity (Wildman–Crippen MR) is 75.5 cm³/mol. The summed E-state index contributed by atoms with van der Waals surface area (Å²) in [5.41, 5.74) is 1.03. The van der Waals surface area contributed by atoms with Gasteiger partial charge in [-0.3, -0.25) is 0 Å². The van der Waals surface area contributed by atoms with Crippen LogP contribution in [0, 0.1) is 5.92 Å². The van der Waals surface area contributed by atoms with Crippen LogP contribution in [0.5, 0.6) is 0 Å². The average Bonchev–Trinajstić information content (AvgIpc) is 2.87. The highest BCUT2D eigenvalue weighted by Gasteiger charge is 2.09. The standard InChI is InChI=1S/C14H25NOS/c1-3-5-6-12(4-2)9-15-10-14(16)13-7-8-17-11-13/h7-8,11-12,14-16H,3-6,9-10H2,1-2H3. The van der Waals surface area contributed by atoms with Crippen molar-refractivity contribution < 1.29 is 5.11 Å². The summed E-state index contributed by atoms with van der Waals surface area (Å²) in [5, 5.41) is 17.3. The van der Waals surface area contributed by atoms with Crippen LogP contribution < -0.4 is 5.32 Å². The molecule has 0 radical (unpaired) electrons. The van der Waals surface area contributed by atoms with E-state index < -0.39 is 0 Å². The SMILES string of the molecule is CCCCC(CC)CNCC(O)c1ccsc1. The zero-order valence-corrected chi connectivity index (χ0v) is 11.8. The summed E-state index contributed by atoms with van der Waals surface area (Å²) in [7, 11) is 0. The van der Waals surface area contributed by atoms with Crippen molar-refractivity contribution in [2.45, 2.75) is 45.6 Å². The van der Waals surface area contributed by atoms with Crippen LogP contribution in [0.3, 0.4) is 0 Å². The van der Waals surface area contributed by atoms with Crippen molar-refractivity contribution >= 4 is 11.3 Å². The van der Waals surface area contributed by atoms with Crippen molar-refractivity contribution in [2.75, 3.05) is 13.1 Å². The molecular weight excluding hydrogens is 230 g/mol. The summed E-state index contributed by atoms with van der Waals surface area (Å²) in [6.45, 7) is 6.18. The second kappa shape index (κ2) is 8.67. The molecule has 17 heavy (non-hydrogen) atoms. The van der Waals surface area contributed by atoms with E-state index in [1.807, 2.05) is 16.8 Å². The van der Waals surface area contributed by atoms with Gasteiger partial charge in [0.05, 0.1) is 6.10 Å². The molecule has 98 valence electrons. The number of nitrogens with one attached hydrogen (secondary N) is 1. The molecule has 2 N–H and O–H groups in total. The molecule has 1 heterocycles. The molecule has 0 bridgehead atoms. The van der Waals surface area contributed by atoms with Gasteiger partial charge in [-0.05, 0) is 41.3 Å². The minimum absolute atomic E-state index is 0.357. The third-order valence-electron chi connectivity index (χ3n) is 3.24. The fourth-order valence-corrected chi connectivity index (χ4v) is 2.66. The summed E-state index contributed by atoms with van der Waals surface area (Å²) in [5.74, 6) is 0.754. The van der Waals surface area contributed by atoms with Gasteiger partial charge in [0.25, 0.3) is 0 Å². The van der Waals surface area contributed by atoms with E-state index in [1.165, 1.54) is 25.7 Å². The van der Waals surface area contributed by atoms with E-state index >= 15 is 0 Å². The highest BCUT2D eigenvalue weighted by Crippen LogP contribution is 2.16. The molecule has 1 rings (SSSR count). The predicted octanol–water partition coefficient (Wildman–Crippen LogP) is 3.59. The lowest BCUT2D eigenvalue weighted by Gasteiger charge is -2.17. The Morgan fingerprint density at radius 2 is 2.18 bits per heavy atom. The summed E-state index contributed by atoms with van der Waals surface area (Å²) in [6.07, 6.45) is 4.75. The van der Waals surface area contributed by atoms with Crippen LogP contribution in [-0.2, 0) is 0 Å². The number of thiophene rings is 1. The molecule has 0 aromatic carbocycles. The van der Waals surface area contributed by atoms with Crippen LogP contribution in [-0.4, -0.2) is 18.2 Å². The Labute approximate surface area is 109 Å². The summed E-state index contributed by atoms with van der Waals surface area (Å²) >= 11 is 1.64. The number of hydrogen-bond acceptors (Lipinski definition) is 3. The fraction of sp³-hybridized carbons (Fsp3) is 0.714. The van der Waals surface area contributed by atoms with E-state index in [2.05, 4.69) is 19.2 Å². The van der Waals surface area contributed by atoms with Crippen LogP contribution >= 0.6 is 11.3 Å². The molecule has 0 amide bonds. The van der Waals surface area contributed by atoms with E-state index in [9.17, 15) is 5.11 Å². The van der Waals surface area contributed by atoms with Gasteiger partial charge < -0.3 is 10.4 Å². The van der Waals surface area contributed by atoms with Gasteiger partial charge in [0.1, 0.15) is 0 Å². The van der Waals surface area contributed by atoms with Gasteiger partial charge in [-0.25, -0.2) is 0 Å². The van der Waals surface area contributed by atoms with Gasteiger partial charge in [0, 0.05) is 6.54 Å². The molecule has 0 saturated heterocycles. The maximum absolute atomic E-state index is 9.92. The second-order valence-electron chi connectivity index (χ2n) is 4.65. The number of unbranched alkanes of at least 4 members (excludes halogenated alkanes) is 1. The van der Waals surface area contributed by atoms with Crippen molar-refractivity contribution in [3.8, 4) is 0 Å². The van der Waals surface area contributed by atoms with E-state index in [4.69, 9.17) is 0 Å². The zero-order valence-electron chi connectivity index (χ0n) is 11.0. The Morgan fingerprint density at radius 1 is 1.35 bits per heavy atom. The Kier molecular flexibility index (Phi) is 7.49. The Morgan fingerprint density at radius 3 is 2.76 bits per heavy atom. The van der Waals surface area contributed by atoms with E-state index in [0.29, 0.717) is 6.54 Å². The molecular formula is C14H25NOS. The number of aliphatic hydroxyl groups excluding tert-OH is 1. The quantitative estimate of drug-likeness (QED) is 0.707.